The molecule has 1 atom stereocenters. The lowest BCUT2D eigenvalue weighted by Crippen LogP contribution is -2.39. The number of pyridine rings is 1. The van der Waals surface area contributed by atoms with E-state index in [1.165, 1.54) is 0 Å². The van der Waals surface area contributed by atoms with Crippen molar-refractivity contribution in [3.05, 3.63) is 42.3 Å². The van der Waals surface area contributed by atoms with Gasteiger partial charge in [0, 0.05) is 31.1 Å². The second kappa shape index (κ2) is 6.37. The Morgan fingerprint density at radius 3 is 2.96 bits per heavy atom. The molecule has 2 N–H and O–H groups in total. The van der Waals surface area contributed by atoms with Crippen LogP contribution >= 0.6 is 0 Å². The summed E-state index contributed by atoms with van der Waals surface area (Å²) in [5.41, 5.74) is 1.90. The topological polar surface area (TPSA) is 61.4 Å². The van der Waals surface area contributed by atoms with Crippen LogP contribution in [-0.2, 0) is 4.74 Å². The molecule has 1 aliphatic rings. The number of rotatable bonds is 3. The molecule has 130 valence electrons. The van der Waals surface area contributed by atoms with Gasteiger partial charge in [0.25, 0.3) is 0 Å². The molecule has 0 unspecified atom stereocenters. The molecule has 6 heteroatoms. The fourth-order valence-corrected chi connectivity index (χ4v) is 3.41. The minimum Gasteiger partial charge on any atom is -0.508 e. The number of anilines is 1. The van der Waals surface area contributed by atoms with E-state index in [0.717, 1.165) is 36.8 Å². The monoisotopic (exact) mass is 341 g/mol. The number of nitrogens with zero attached hydrogens (tertiary/aromatic N) is 2. The van der Waals surface area contributed by atoms with Gasteiger partial charge in [0.2, 0.25) is 5.95 Å². The van der Waals surface area contributed by atoms with Gasteiger partial charge in [-0.3, -0.25) is 0 Å². The maximum absolute atomic E-state index is 14.6. The van der Waals surface area contributed by atoms with Gasteiger partial charge in [-0.1, -0.05) is 0 Å². The smallest absolute Gasteiger partial charge is 0.224 e. The zero-order valence-corrected chi connectivity index (χ0v) is 14.0. The highest BCUT2D eigenvalue weighted by Gasteiger charge is 2.21. The van der Waals surface area contributed by atoms with Gasteiger partial charge in [-0.2, -0.15) is 4.39 Å². The van der Waals surface area contributed by atoms with Crippen LogP contribution in [0, 0.1) is 5.95 Å². The maximum Gasteiger partial charge on any atom is 0.224 e. The Balaban J connectivity index is 1.64. The average Bonchev–Trinajstić information content (AvgIpc) is 3.04. The van der Waals surface area contributed by atoms with Crippen LogP contribution in [0.15, 0.2) is 36.4 Å². The lowest BCUT2D eigenvalue weighted by molar-refractivity contribution is 0.0891. The van der Waals surface area contributed by atoms with E-state index < -0.39 is 5.95 Å². The molecule has 1 saturated heterocycles. The molecule has 0 aliphatic carbocycles. The van der Waals surface area contributed by atoms with E-state index in [2.05, 4.69) is 14.9 Å². The Morgan fingerprint density at radius 1 is 1.28 bits per heavy atom. The Labute approximate surface area is 145 Å². The van der Waals surface area contributed by atoms with Gasteiger partial charge in [0.1, 0.15) is 11.6 Å². The largest absolute Gasteiger partial charge is 0.508 e. The van der Waals surface area contributed by atoms with Crippen molar-refractivity contribution < 1.29 is 14.2 Å². The molecule has 0 radical (unpaired) electrons. The summed E-state index contributed by atoms with van der Waals surface area (Å²) < 4.78 is 20.1. The van der Waals surface area contributed by atoms with Crippen LogP contribution in [0.5, 0.6) is 5.75 Å². The molecule has 2 aromatic heterocycles. The quantitative estimate of drug-likeness (QED) is 0.713. The van der Waals surface area contributed by atoms with Crippen LogP contribution in [0.25, 0.3) is 22.2 Å². The van der Waals surface area contributed by atoms with Gasteiger partial charge in [-0.05, 0) is 49.2 Å². The zero-order chi connectivity index (χ0) is 17.4. The normalized spacial score (nSPS) is 18.0. The number of hydrogen-bond acceptors (Lipinski definition) is 4. The van der Waals surface area contributed by atoms with E-state index in [1.807, 2.05) is 12.1 Å². The number of aromatic nitrogens is 2. The van der Waals surface area contributed by atoms with Crippen molar-refractivity contribution in [2.24, 2.45) is 0 Å². The van der Waals surface area contributed by atoms with Crippen LogP contribution in [0.1, 0.15) is 12.8 Å². The summed E-state index contributed by atoms with van der Waals surface area (Å²) in [6.45, 7) is 1.59. The maximum atomic E-state index is 14.6. The highest BCUT2D eigenvalue weighted by molar-refractivity contribution is 5.87. The molecule has 1 aromatic carbocycles. The number of methoxy groups -OCH3 is 1. The van der Waals surface area contributed by atoms with Gasteiger partial charge >= 0.3 is 0 Å². The number of aromatic hydroxyl groups is 1. The van der Waals surface area contributed by atoms with Crippen molar-refractivity contribution >= 4 is 16.7 Å². The van der Waals surface area contributed by atoms with E-state index >= 15 is 0 Å². The van der Waals surface area contributed by atoms with Gasteiger partial charge < -0.3 is 19.7 Å². The number of phenols is 1. The first kappa shape index (κ1) is 15.9. The summed E-state index contributed by atoms with van der Waals surface area (Å²) in [4.78, 5) is 9.40. The third-order valence-electron chi connectivity index (χ3n) is 4.76. The minimum atomic E-state index is -0.507. The average molecular weight is 341 g/mol. The number of piperidine rings is 1. The second-order valence-corrected chi connectivity index (χ2v) is 6.41. The standard InChI is InChI=1S/C19H20FN3O2/c1-25-14-3-2-8-23(11-14)18-7-5-15(19(20)22-18)17-10-12-9-13(24)4-6-16(12)21-17/h4-7,9-10,14,21,24H,2-3,8,11H2,1H3/t14-/m0/s1. The molecular formula is C19H20FN3O2. The SMILES string of the molecule is CO[C@H]1CCCN(c2ccc(-c3cc4cc(O)ccc4[nH]3)c(F)n2)C1. The number of ether oxygens (including phenoxy) is 1. The summed E-state index contributed by atoms with van der Waals surface area (Å²) in [5.74, 6) is 0.314. The van der Waals surface area contributed by atoms with E-state index in [-0.39, 0.29) is 11.9 Å². The third-order valence-corrected chi connectivity index (χ3v) is 4.76. The molecule has 1 fully saturated rings. The van der Waals surface area contributed by atoms with Gasteiger partial charge in [-0.15, -0.1) is 0 Å². The molecule has 25 heavy (non-hydrogen) atoms. The highest BCUT2D eigenvalue weighted by Crippen LogP contribution is 2.29. The van der Waals surface area contributed by atoms with Crippen LogP contribution in [0.3, 0.4) is 0 Å². The molecule has 1 aliphatic heterocycles. The van der Waals surface area contributed by atoms with Gasteiger partial charge in [0.15, 0.2) is 0 Å². The Morgan fingerprint density at radius 2 is 2.16 bits per heavy atom. The number of halogens is 1. The fourth-order valence-electron chi connectivity index (χ4n) is 3.41. The number of nitrogens with one attached hydrogen (secondary N) is 1. The molecule has 0 bridgehead atoms. The van der Waals surface area contributed by atoms with Crippen molar-refractivity contribution in [1.82, 2.24) is 9.97 Å². The molecule has 0 amide bonds. The van der Waals surface area contributed by atoms with Crippen molar-refractivity contribution in [2.45, 2.75) is 18.9 Å². The van der Waals surface area contributed by atoms with Crippen LogP contribution in [0.4, 0.5) is 10.2 Å². The molecular weight excluding hydrogens is 321 g/mol. The number of phenolic OH excluding ortho intramolecular Hbond substituents is 1. The van der Waals surface area contributed by atoms with Crippen LogP contribution in [0.2, 0.25) is 0 Å². The fraction of sp³-hybridized carbons (Fsp3) is 0.316. The number of benzene rings is 1. The predicted molar refractivity (Wildman–Crippen MR) is 95.4 cm³/mol. The summed E-state index contributed by atoms with van der Waals surface area (Å²) in [6.07, 6.45) is 2.20. The third kappa shape index (κ3) is 3.05. The zero-order valence-electron chi connectivity index (χ0n) is 14.0. The number of hydrogen-bond donors (Lipinski definition) is 2. The van der Waals surface area contributed by atoms with Crippen molar-refractivity contribution in [1.29, 1.82) is 0 Å². The predicted octanol–water partition coefficient (Wildman–Crippen LogP) is 3.69. The summed E-state index contributed by atoms with van der Waals surface area (Å²) in [7, 11) is 1.71. The van der Waals surface area contributed by atoms with E-state index in [1.54, 1.807) is 31.4 Å². The Hall–Kier alpha value is -2.60. The molecule has 3 aromatic rings. The van der Waals surface area contributed by atoms with Crippen molar-refractivity contribution in [2.75, 3.05) is 25.1 Å². The lowest BCUT2D eigenvalue weighted by atomic mass is 10.1. The van der Waals surface area contributed by atoms with E-state index in [9.17, 15) is 9.50 Å². The molecule has 4 rings (SSSR count). The lowest BCUT2D eigenvalue weighted by Gasteiger charge is -2.32. The Bertz CT molecular complexity index is 909. The molecule has 0 saturated carbocycles. The molecule has 0 spiro atoms. The van der Waals surface area contributed by atoms with E-state index in [4.69, 9.17) is 4.74 Å². The summed E-state index contributed by atoms with van der Waals surface area (Å²) in [6, 6.07) is 10.4. The Kier molecular flexibility index (Phi) is 4.05. The summed E-state index contributed by atoms with van der Waals surface area (Å²) >= 11 is 0. The molecule has 3 heterocycles. The van der Waals surface area contributed by atoms with Crippen LogP contribution < -0.4 is 4.90 Å². The summed E-state index contributed by atoms with van der Waals surface area (Å²) in [5, 5.41) is 10.4. The second-order valence-electron chi connectivity index (χ2n) is 6.41. The van der Waals surface area contributed by atoms with Gasteiger partial charge in [0.05, 0.1) is 17.4 Å². The number of aromatic amines is 1. The van der Waals surface area contributed by atoms with Crippen molar-refractivity contribution in [3.8, 4) is 17.0 Å². The van der Waals surface area contributed by atoms with Crippen molar-refractivity contribution in [3.63, 3.8) is 0 Å². The molecule has 5 nitrogen and oxygen atoms in total. The van der Waals surface area contributed by atoms with Crippen LogP contribution in [-0.4, -0.2) is 41.4 Å². The number of H-pyrrole nitrogens is 1. The first-order chi connectivity index (χ1) is 12.1. The van der Waals surface area contributed by atoms with E-state index in [0.29, 0.717) is 17.1 Å². The number of fused-ring (bicyclic) bond motifs is 1. The van der Waals surface area contributed by atoms with Gasteiger partial charge in [-0.25, -0.2) is 4.98 Å². The first-order valence-corrected chi connectivity index (χ1v) is 8.40. The first-order valence-electron chi connectivity index (χ1n) is 8.40. The highest BCUT2D eigenvalue weighted by atomic mass is 19.1. The minimum absolute atomic E-state index is 0.166.